The summed E-state index contributed by atoms with van der Waals surface area (Å²) >= 11 is 0. The van der Waals surface area contributed by atoms with Crippen LogP contribution in [0.3, 0.4) is 0 Å². The van der Waals surface area contributed by atoms with Gasteiger partial charge in [0.05, 0.1) is 17.8 Å². The van der Waals surface area contributed by atoms with Crippen molar-refractivity contribution in [2.24, 2.45) is 0 Å². The molecule has 5 heteroatoms. The number of nitrogens with one attached hydrogen (secondary N) is 2. The number of hydrogen-bond acceptors (Lipinski definition) is 3. The van der Waals surface area contributed by atoms with Crippen LogP contribution >= 0.6 is 12.4 Å². The molecule has 4 nitrogen and oxygen atoms in total. The summed E-state index contributed by atoms with van der Waals surface area (Å²) in [6, 6.07) is 4.81. The largest absolute Gasteiger partial charge is 0.490 e. The quantitative estimate of drug-likeness (QED) is 0.769. The molecule has 2 aromatic rings. The summed E-state index contributed by atoms with van der Waals surface area (Å²) in [5.41, 5.74) is 2.27. The van der Waals surface area contributed by atoms with Crippen molar-refractivity contribution in [1.29, 1.82) is 0 Å². The van der Waals surface area contributed by atoms with Crippen LogP contribution in [-0.2, 0) is 0 Å². The molecule has 1 aliphatic rings. The molecule has 1 aromatic carbocycles. The van der Waals surface area contributed by atoms with E-state index >= 15 is 0 Å². The SMILES string of the molecule is CCCCNC1CCC(Oc2ccc3[nH]ncc3c2C)CC1.Cl. The second-order valence-corrected chi connectivity index (χ2v) is 6.42. The van der Waals surface area contributed by atoms with E-state index in [1.807, 2.05) is 6.20 Å². The lowest BCUT2D eigenvalue weighted by Gasteiger charge is -2.30. The van der Waals surface area contributed by atoms with E-state index in [0.717, 1.165) is 36.0 Å². The van der Waals surface area contributed by atoms with Gasteiger partial charge >= 0.3 is 0 Å². The third-order valence-electron chi connectivity index (χ3n) is 4.77. The van der Waals surface area contributed by atoms with Crippen LogP contribution in [0.25, 0.3) is 10.9 Å². The molecule has 1 heterocycles. The predicted molar refractivity (Wildman–Crippen MR) is 97.7 cm³/mol. The molecule has 1 saturated carbocycles. The van der Waals surface area contributed by atoms with Crippen molar-refractivity contribution < 1.29 is 4.74 Å². The molecule has 1 aliphatic carbocycles. The van der Waals surface area contributed by atoms with Gasteiger partial charge in [-0.3, -0.25) is 5.10 Å². The maximum atomic E-state index is 6.27. The number of rotatable bonds is 6. The van der Waals surface area contributed by atoms with Gasteiger partial charge in [0.25, 0.3) is 0 Å². The Bertz CT molecular complexity index is 605. The first-order valence-corrected chi connectivity index (χ1v) is 8.60. The Morgan fingerprint density at radius 1 is 1.26 bits per heavy atom. The zero-order valence-electron chi connectivity index (χ0n) is 14.1. The average Bonchev–Trinajstić information content (AvgIpc) is 3.01. The Kier molecular flexibility index (Phi) is 6.72. The number of aryl methyl sites for hydroxylation is 1. The first-order valence-electron chi connectivity index (χ1n) is 8.60. The number of fused-ring (bicyclic) bond motifs is 1. The molecule has 0 spiro atoms. The van der Waals surface area contributed by atoms with E-state index in [2.05, 4.69) is 41.5 Å². The molecule has 1 aromatic heterocycles. The van der Waals surface area contributed by atoms with E-state index in [4.69, 9.17) is 4.74 Å². The number of aromatic nitrogens is 2. The Labute approximate surface area is 144 Å². The lowest BCUT2D eigenvalue weighted by Crippen LogP contribution is -2.36. The molecule has 0 atom stereocenters. The lowest BCUT2D eigenvalue weighted by molar-refractivity contribution is 0.139. The number of hydrogen-bond donors (Lipinski definition) is 2. The molecule has 1 fully saturated rings. The zero-order valence-corrected chi connectivity index (χ0v) is 14.9. The van der Waals surface area contributed by atoms with Crippen molar-refractivity contribution >= 4 is 23.3 Å². The number of benzene rings is 1. The fraction of sp³-hybridized carbons (Fsp3) is 0.611. The number of ether oxygens (including phenoxy) is 1. The van der Waals surface area contributed by atoms with E-state index in [0.29, 0.717) is 12.1 Å². The van der Waals surface area contributed by atoms with Crippen LogP contribution in [0.1, 0.15) is 51.0 Å². The smallest absolute Gasteiger partial charge is 0.123 e. The summed E-state index contributed by atoms with van der Waals surface area (Å²) in [6.45, 7) is 5.51. The van der Waals surface area contributed by atoms with Crippen LogP contribution in [0, 0.1) is 6.92 Å². The zero-order chi connectivity index (χ0) is 15.4. The Hall–Kier alpha value is -1.26. The monoisotopic (exact) mass is 337 g/mol. The minimum absolute atomic E-state index is 0. The highest BCUT2D eigenvalue weighted by molar-refractivity contribution is 5.85. The first-order chi connectivity index (χ1) is 10.8. The first kappa shape index (κ1) is 18.1. The molecule has 0 bridgehead atoms. The van der Waals surface area contributed by atoms with Crippen LogP contribution in [-0.4, -0.2) is 28.9 Å². The van der Waals surface area contributed by atoms with Crippen molar-refractivity contribution in [3.8, 4) is 5.75 Å². The molecule has 3 rings (SSSR count). The number of halogens is 1. The summed E-state index contributed by atoms with van der Waals surface area (Å²) in [5, 5.41) is 11.9. The Morgan fingerprint density at radius 3 is 2.78 bits per heavy atom. The van der Waals surface area contributed by atoms with Crippen LogP contribution in [0.2, 0.25) is 0 Å². The van der Waals surface area contributed by atoms with Crippen molar-refractivity contribution in [3.05, 3.63) is 23.9 Å². The number of nitrogens with zero attached hydrogens (tertiary/aromatic N) is 1. The van der Waals surface area contributed by atoms with Gasteiger partial charge in [0.1, 0.15) is 5.75 Å². The molecule has 0 aliphatic heterocycles. The van der Waals surface area contributed by atoms with Gasteiger partial charge in [0, 0.05) is 17.0 Å². The third kappa shape index (κ3) is 4.39. The van der Waals surface area contributed by atoms with Crippen LogP contribution < -0.4 is 10.1 Å². The average molecular weight is 338 g/mol. The van der Waals surface area contributed by atoms with Gasteiger partial charge in [-0.1, -0.05) is 13.3 Å². The Morgan fingerprint density at radius 2 is 2.04 bits per heavy atom. The maximum Gasteiger partial charge on any atom is 0.123 e. The van der Waals surface area contributed by atoms with Crippen molar-refractivity contribution in [3.63, 3.8) is 0 Å². The fourth-order valence-electron chi connectivity index (χ4n) is 3.31. The van der Waals surface area contributed by atoms with E-state index in [1.54, 1.807) is 0 Å². The van der Waals surface area contributed by atoms with E-state index in [1.165, 1.54) is 31.2 Å². The van der Waals surface area contributed by atoms with Gasteiger partial charge in [-0.25, -0.2) is 0 Å². The summed E-state index contributed by atoms with van der Waals surface area (Å²) in [5.74, 6) is 1.01. The van der Waals surface area contributed by atoms with E-state index in [-0.39, 0.29) is 12.4 Å². The highest BCUT2D eigenvalue weighted by atomic mass is 35.5. The fourth-order valence-corrected chi connectivity index (χ4v) is 3.31. The molecular weight excluding hydrogens is 310 g/mol. The molecule has 23 heavy (non-hydrogen) atoms. The van der Waals surface area contributed by atoms with E-state index in [9.17, 15) is 0 Å². The highest BCUT2D eigenvalue weighted by Gasteiger charge is 2.22. The molecule has 0 amide bonds. The minimum Gasteiger partial charge on any atom is -0.490 e. The molecule has 0 radical (unpaired) electrons. The number of H-pyrrole nitrogens is 1. The lowest BCUT2D eigenvalue weighted by atomic mass is 9.92. The highest BCUT2D eigenvalue weighted by Crippen LogP contribution is 2.29. The molecule has 128 valence electrons. The van der Waals surface area contributed by atoms with Crippen molar-refractivity contribution in [2.75, 3.05) is 6.54 Å². The van der Waals surface area contributed by atoms with Crippen LogP contribution in [0.4, 0.5) is 0 Å². The summed E-state index contributed by atoms with van der Waals surface area (Å²) in [6.07, 6.45) is 9.52. The molecule has 0 saturated heterocycles. The molecule has 0 unspecified atom stereocenters. The van der Waals surface area contributed by atoms with Crippen LogP contribution in [0.15, 0.2) is 18.3 Å². The molecule has 2 N–H and O–H groups in total. The Balaban J connectivity index is 0.00000192. The molecular formula is C18H28ClN3O. The topological polar surface area (TPSA) is 49.9 Å². The van der Waals surface area contributed by atoms with E-state index < -0.39 is 0 Å². The van der Waals surface area contributed by atoms with Crippen molar-refractivity contribution in [1.82, 2.24) is 15.5 Å². The predicted octanol–water partition coefficient (Wildman–Crippen LogP) is 4.37. The normalized spacial score (nSPS) is 21.1. The minimum atomic E-state index is 0. The van der Waals surface area contributed by atoms with Crippen LogP contribution in [0.5, 0.6) is 5.75 Å². The van der Waals surface area contributed by atoms with Gasteiger partial charge < -0.3 is 10.1 Å². The van der Waals surface area contributed by atoms with Gasteiger partial charge in [-0.2, -0.15) is 5.10 Å². The van der Waals surface area contributed by atoms with Crippen molar-refractivity contribution in [2.45, 2.75) is 64.5 Å². The van der Waals surface area contributed by atoms with Gasteiger partial charge in [-0.05, 0) is 57.7 Å². The second kappa shape index (κ2) is 8.55. The summed E-state index contributed by atoms with van der Waals surface area (Å²) in [7, 11) is 0. The maximum absolute atomic E-state index is 6.27. The standard InChI is InChI=1S/C18H27N3O.ClH/c1-3-4-11-19-14-5-7-15(8-6-14)22-18-10-9-17-16(13(18)2)12-20-21-17;/h9-10,12,14-15,19H,3-8,11H2,1-2H3,(H,20,21);1H. The second-order valence-electron chi connectivity index (χ2n) is 6.42. The van der Waals surface area contributed by atoms with Gasteiger partial charge in [0.2, 0.25) is 0 Å². The number of aromatic amines is 1. The van der Waals surface area contributed by atoms with Gasteiger partial charge in [-0.15, -0.1) is 12.4 Å². The summed E-state index contributed by atoms with van der Waals surface area (Å²) in [4.78, 5) is 0. The number of unbranched alkanes of at least 4 members (excludes halogenated alkanes) is 1. The summed E-state index contributed by atoms with van der Waals surface area (Å²) < 4.78 is 6.27. The third-order valence-corrected chi connectivity index (χ3v) is 4.77. The van der Waals surface area contributed by atoms with Gasteiger partial charge in [0.15, 0.2) is 0 Å².